The largest absolute Gasteiger partial charge is 0.444 e. The van der Waals surface area contributed by atoms with Crippen LogP contribution in [-0.4, -0.2) is 193 Å². The highest BCUT2D eigenvalue weighted by Gasteiger charge is 2.19. The lowest BCUT2D eigenvalue weighted by Crippen LogP contribution is -2.36. The summed E-state index contributed by atoms with van der Waals surface area (Å²) in [5.41, 5.74) is -0.510. The number of alkyl halides is 1. The number of carbonyl (C=O) groups excluding carboxylic acids is 1. The maximum atomic E-state index is 11.9. The fraction of sp³-hybridized carbons (Fsp3) is 0.969. The van der Waals surface area contributed by atoms with Crippen LogP contribution >= 0.6 is 22.6 Å². The standard InChI is InChI=1S/C32H64INO14/c1-32(2,3)48-31(35)34(4)6-8-37-10-12-39-14-16-41-18-20-43-22-24-45-26-28-47-30-29-46-27-25-44-23-21-42-19-17-40-15-13-38-11-9-36-7-5-33/h5-30H2,1-4H3. The van der Waals surface area contributed by atoms with Crippen LogP contribution in [0, 0.1) is 0 Å². The fourth-order valence-corrected chi connectivity index (χ4v) is 3.52. The van der Waals surface area contributed by atoms with E-state index in [9.17, 15) is 4.79 Å². The van der Waals surface area contributed by atoms with Gasteiger partial charge < -0.3 is 66.5 Å². The number of nitrogens with zero attached hydrogens (tertiary/aromatic N) is 1. The minimum absolute atomic E-state index is 0.364. The molecule has 0 aliphatic rings. The smallest absolute Gasteiger partial charge is 0.410 e. The SMILES string of the molecule is CN(CCOCCOCCOCCOCCOCCOCCOCCOCCOCCOCCOCCOCCI)C(=O)OC(C)(C)C. The summed E-state index contributed by atoms with van der Waals surface area (Å²) in [6, 6.07) is 0. The van der Waals surface area contributed by atoms with Crippen molar-refractivity contribution in [2.24, 2.45) is 0 Å². The summed E-state index contributed by atoms with van der Waals surface area (Å²) in [6.45, 7) is 18.4. The van der Waals surface area contributed by atoms with Crippen LogP contribution in [0.3, 0.4) is 0 Å². The van der Waals surface area contributed by atoms with E-state index in [2.05, 4.69) is 22.6 Å². The Morgan fingerprint density at radius 1 is 0.417 bits per heavy atom. The monoisotopic (exact) mass is 813 g/mol. The van der Waals surface area contributed by atoms with Crippen molar-refractivity contribution >= 4 is 28.7 Å². The zero-order valence-corrected chi connectivity index (χ0v) is 32.1. The average molecular weight is 814 g/mol. The molecule has 0 heterocycles. The van der Waals surface area contributed by atoms with Crippen molar-refractivity contribution in [3.63, 3.8) is 0 Å². The summed E-state index contributed by atoms with van der Waals surface area (Å²) in [7, 11) is 1.68. The third kappa shape index (κ3) is 40.0. The van der Waals surface area contributed by atoms with Crippen LogP contribution in [0.15, 0.2) is 0 Å². The molecule has 0 aromatic carbocycles. The number of rotatable bonds is 38. The topological polar surface area (TPSA) is 140 Å². The molecule has 0 aliphatic carbocycles. The Morgan fingerprint density at radius 3 is 0.833 bits per heavy atom. The molecule has 0 aliphatic heterocycles. The quantitative estimate of drug-likeness (QED) is 0.0513. The van der Waals surface area contributed by atoms with Crippen molar-refractivity contribution in [3.8, 4) is 0 Å². The molecule has 16 heteroatoms. The third-order valence-corrected chi connectivity index (χ3v) is 6.03. The van der Waals surface area contributed by atoms with Gasteiger partial charge in [0.2, 0.25) is 0 Å². The summed E-state index contributed by atoms with van der Waals surface area (Å²) < 4.78 is 71.7. The van der Waals surface area contributed by atoms with Gasteiger partial charge in [-0.2, -0.15) is 0 Å². The number of halogens is 1. The first-order chi connectivity index (χ1) is 23.4. The van der Waals surface area contributed by atoms with E-state index in [4.69, 9.17) is 61.6 Å². The van der Waals surface area contributed by atoms with E-state index >= 15 is 0 Å². The molecule has 0 unspecified atom stereocenters. The summed E-state index contributed by atoms with van der Waals surface area (Å²) >= 11 is 2.28. The van der Waals surface area contributed by atoms with Gasteiger partial charge in [0.15, 0.2) is 0 Å². The van der Waals surface area contributed by atoms with E-state index < -0.39 is 5.60 Å². The van der Waals surface area contributed by atoms with Crippen molar-refractivity contribution in [1.82, 2.24) is 4.90 Å². The van der Waals surface area contributed by atoms with E-state index in [0.29, 0.717) is 159 Å². The van der Waals surface area contributed by atoms with Crippen molar-refractivity contribution < 1.29 is 66.4 Å². The zero-order chi connectivity index (χ0) is 35.2. The van der Waals surface area contributed by atoms with Crippen LogP contribution in [0.2, 0.25) is 0 Å². The molecule has 0 radical (unpaired) electrons. The normalized spacial score (nSPS) is 11.8. The third-order valence-electron chi connectivity index (χ3n) is 5.59. The lowest BCUT2D eigenvalue weighted by atomic mass is 10.2. The Labute approximate surface area is 302 Å². The van der Waals surface area contributed by atoms with Crippen LogP contribution in [0.5, 0.6) is 0 Å². The Hall–Kier alpha value is -0.480. The first-order valence-corrected chi connectivity index (χ1v) is 18.3. The first kappa shape index (κ1) is 47.5. The molecule has 0 fully saturated rings. The fourth-order valence-electron chi connectivity index (χ4n) is 3.21. The van der Waals surface area contributed by atoms with Crippen molar-refractivity contribution in [2.45, 2.75) is 26.4 Å². The highest BCUT2D eigenvalue weighted by molar-refractivity contribution is 14.1. The van der Waals surface area contributed by atoms with Gasteiger partial charge in [0, 0.05) is 18.0 Å². The molecule has 0 bridgehead atoms. The van der Waals surface area contributed by atoms with Crippen LogP contribution in [0.4, 0.5) is 4.79 Å². The molecule has 0 aromatic rings. The van der Waals surface area contributed by atoms with Gasteiger partial charge in [-0.1, -0.05) is 22.6 Å². The van der Waals surface area contributed by atoms with E-state index in [1.165, 1.54) is 4.90 Å². The number of amides is 1. The summed E-state index contributed by atoms with van der Waals surface area (Å²) in [5, 5.41) is 0. The molecule has 1 amide bonds. The van der Waals surface area contributed by atoms with Crippen molar-refractivity contribution in [3.05, 3.63) is 0 Å². The molecule has 0 spiro atoms. The van der Waals surface area contributed by atoms with Crippen molar-refractivity contribution in [2.75, 3.05) is 177 Å². The van der Waals surface area contributed by atoms with Gasteiger partial charge in [-0.25, -0.2) is 4.79 Å². The molecule has 0 N–H and O–H groups in total. The molecule has 0 aromatic heterocycles. The Balaban J connectivity index is 3.13. The second-order valence-electron chi connectivity index (χ2n) is 10.9. The molecule has 48 heavy (non-hydrogen) atoms. The van der Waals surface area contributed by atoms with Gasteiger partial charge in [-0.3, -0.25) is 0 Å². The molecule has 0 atom stereocenters. The first-order valence-electron chi connectivity index (χ1n) is 16.8. The van der Waals surface area contributed by atoms with Gasteiger partial charge in [-0.15, -0.1) is 0 Å². The molecule has 15 nitrogen and oxygen atoms in total. The molecular weight excluding hydrogens is 749 g/mol. The van der Waals surface area contributed by atoms with Gasteiger partial charge in [0.25, 0.3) is 0 Å². The van der Waals surface area contributed by atoms with E-state index in [1.807, 2.05) is 20.8 Å². The van der Waals surface area contributed by atoms with Crippen LogP contribution < -0.4 is 0 Å². The number of ether oxygens (including phenoxy) is 13. The van der Waals surface area contributed by atoms with E-state index in [-0.39, 0.29) is 6.09 Å². The molecule has 0 saturated heterocycles. The molecule has 288 valence electrons. The predicted molar refractivity (Wildman–Crippen MR) is 188 cm³/mol. The summed E-state index contributed by atoms with van der Waals surface area (Å²) in [4.78, 5) is 13.3. The molecule has 0 rings (SSSR count). The van der Waals surface area contributed by atoms with E-state index in [1.54, 1.807) is 7.05 Å². The minimum Gasteiger partial charge on any atom is -0.444 e. The lowest BCUT2D eigenvalue weighted by molar-refractivity contribution is -0.0284. The number of likely N-dealkylation sites (N-methyl/N-ethyl adjacent to an activating group) is 1. The Bertz CT molecular complexity index is 663. The maximum Gasteiger partial charge on any atom is 0.410 e. The second kappa shape index (κ2) is 37.8. The van der Waals surface area contributed by atoms with Crippen LogP contribution in [0.25, 0.3) is 0 Å². The minimum atomic E-state index is -0.510. The Morgan fingerprint density at radius 2 is 0.625 bits per heavy atom. The number of carbonyl (C=O) groups is 1. The van der Waals surface area contributed by atoms with E-state index in [0.717, 1.165) is 11.0 Å². The molecular formula is C32H64INO14. The average Bonchev–Trinajstić information content (AvgIpc) is 3.05. The highest BCUT2D eigenvalue weighted by atomic mass is 127. The summed E-state index contributed by atoms with van der Waals surface area (Å²) in [5.74, 6) is 0. The predicted octanol–water partition coefficient (Wildman–Crippen LogP) is 2.49. The molecule has 0 saturated carbocycles. The number of hydrogen-bond acceptors (Lipinski definition) is 14. The zero-order valence-electron chi connectivity index (χ0n) is 29.9. The van der Waals surface area contributed by atoms with Crippen LogP contribution in [0.1, 0.15) is 20.8 Å². The van der Waals surface area contributed by atoms with Gasteiger partial charge >= 0.3 is 6.09 Å². The van der Waals surface area contributed by atoms with Gasteiger partial charge in [0.1, 0.15) is 5.60 Å². The van der Waals surface area contributed by atoms with Crippen molar-refractivity contribution in [1.29, 1.82) is 0 Å². The van der Waals surface area contributed by atoms with Crippen LogP contribution in [-0.2, 0) is 61.6 Å². The van der Waals surface area contributed by atoms with Gasteiger partial charge in [-0.05, 0) is 20.8 Å². The number of hydrogen-bond donors (Lipinski definition) is 0. The maximum absolute atomic E-state index is 11.9. The lowest BCUT2D eigenvalue weighted by Gasteiger charge is -2.24. The highest BCUT2D eigenvalue weighted by Crippen LogP contribution is 2.08. The summed E-state index contributed by atoms with van der Waals surface area (Å²) in [6.07, 6.45) is -0.364. The Kier molecular flexibility index (Phi) is 37.4. The van der Waals surface area contributed by atoms with Gasteiger partial charge in [0.05, 0.1) is 159 Å². The second-order valence-corrected chi connectivity index (χ2v) is 12.0.